The summed E-state index contributed by atoms with van der Waals surface area (Å²) in [6.45, 7) is 0. The van der Waals surface area contributed by atoms with Crippen LogP contribution in [0, 0.1) is 5.82 Å². The number of nitrogens with zero attached hydrogens (tertiary/aromatic N) is 1. The van der Waals surface area contributed by atoms with Gasteiger partial charge in [0.1, 0.15) is 10.0 Å². The lowest BCUT2D eigenvalue weighted by molar-refractivity contribution is 0.257. The molecule has 170 valence electrons. The average Bonchev–Trinajstić information content (AvgIpc) is 3.21. The SMILES string of the molecule is CNc1cc2[nH]c(=O)n(-c3ccc(NC(=O)NS(=O)c4ccc(Cl)s4)cc3)c(=O)c2cc1F. The van der Waals surface area contributed by atoms with E-state index >= 15 is 0 Å². The van der Waals surface area contributed by atoms with E-state index in [-0.39, 0.29) is 22.3 Å². The summed E-state index contributed by atoms with van der Waals surface area (Å²) in [7, 11) is -0.256. The van der Waals surface area contributed by atoms with Crippen LogP contribution in [-0.2, 0) is 11.0 Å². The zero-order chi connectivity index (χ0) is 23.7. The van der Waals surface area contributed by atoms with E-state index < -0.39 is 34.1 Å². The van der Waals surface area contributed by atoms with Gasteiger partial charge in [-0.25, -0.2) is 22.8 Å². The maximum absolute atomic E-state index is 14.1. The van der Waals surface area contributed by atoms with Crippen LogP contribution >= 0.6 is 22.9 Å². The normalized spacial score (nSPS) is 11.8. The zero-order valence-electron chi connectivity index (χ0n) is 16.8. The monoisotopic (exact) mass is 507 g/mol. The summed E-state index contributed by atoms with van der Waals surface area (Å²) in [5.74, 6) is -0.631. The smallest absolute Gasteiger partial charge is 0.333 e. The number of carbonyl (C=O) groups excluding carboxylic acids is 1. The highest BCUT2D eigenvalue weighted by Crippen LogP contribution is 2.23. The second-order valence-electron chi connectivity index (χ2n) is 6.63. The Bertz CT molecular complexity index is 1510. The first-order valence-electron chi connectivity index (χ1n) is 9.28. The summed E-state index contributed by atoms with van der Waals surface area (Å²) in [5.41, 5.74) is -0.520. The van der Waals surface area contributed by atoms with Crippen molar-refractivity contribution in [1.29, 1.82) is 0 Å². The number of rotatable bonds is 5. The van der Waals surface area contributed by atoms with Gasteiger partial charge in [-0.3, -0.25) is 9.52 Å². The first kappa shape index (κ1) is 22.7. The highest BCUT2D eigenvalue weighted by atomic mass is 35.5. The van der Waals surface area contributed by atoms with E-state index in [1.807, 2.05) is 0 Å². The molecule has 4 aromatic rings. The highest BCUT2D eigenvalue weighted by Gasteiger charge is 2.14. The van der Waals surface area contributed by atoms with Gasteiger partial charge in [0.05, 0.1) is 26.6 Å². The molecule has 9 nitrogen and oxygen atoms in total. The summed E-state index contributed by atoms with van der Waals surface area (Å²) in [6, 6.07) is 10.6. The predicted molar refractivity (Wildman–Crippen MR) is 128 cm³/mol. The molecule has 1 atom stereocenters. The fraction of sp³-hybridized carbons (Fsp3) is 0.0500. The molecule has 0 spiro atoms. The van der Waals surface area contributed by atoms with Crippen molar-refractivity contribution in [3.8, 4) is 5.69 Å². The Balaban J connectivity index is 1.56. The highest BCUT2D eigenvalue weighted by molar-refractivity contribution is 7.86. The largest absolute Gasteiger partial charge is 0.386 e. The molecule has 0 aliphatic carbocycles. The maximum Gasteiger partial charge on any atom is 0.333 e. The molecule has 0 saturated carbocycles. The Morgan fingerprint density at radius 1 is 1.15 bits per heavy atom. The Kier molecular flexibility index (Phi) is 6.31. The van der Waals surface area contributed by atoms with E-state index in [1.165, 1.54) is 37.4 Å². The van der Waals surface area contributed by atoms with Gasteiger partial charge in [-0.2, -0.15) is 0 Å². The minimum absolute atomic E-state index is 0.00355. The quantitative estimate of drug-likeness (QED) is 0.329. The molecule has 2 aromatic carbocycles. The van der Waals surface area contributed by atoms with Crippen LogP contribution in [0.25, 0.3) is 16.6 Å². The third kappa shape index (κ3) is 4.67. The van der Waals surface area contributed by atoms with Crippen LogP contribution in [0.15, 0.2) is 62.3 Å². The van der Waals surface area contributed by atoms with Crippen molar-refractivity contribution in [2.24, 2.45) is 0 Å². The van der Waals surface area contributed by atoms with Crippen molar-refractivity contribution < 1.29 is 13.4 Å². The number of carbonyl (C=O) groups is 1. The summed E-state index contributed by atoms with van der Waals surface area (Å²) in [6.07, 6.45) is 0. The van der Waals surface area contributed by atoms with E-state index in [0.29, 0.717) is 14.2 Å². The van der Waals surface area contributed by atoms with Crippen molar-refractivity contribution in [2.45, 2.75) is 4.21 Å². The van der Waals surface area contributed by atoms with E-state index in [1.54, 1.807) is 12.1 Å². The summed E-state index contributed by atoms with van der Waals surface area (Å²) < 4.78 is 30.2. The van der Waals surface area contributed by atoms with Gasteiger partial charge in [0.25, 0.3) is 5.56 Å². The topological polar surface area (TPSA) is 125 Å². The fourth-order valence-electron chi connectivity index (χ4n) is 3.05. The van der Waals surface area contributed by atoms with E-state index in [4.69, 9.17) is 11.6 Å². The third-order valence-corrected chi connectivity index (χ3v) is 7.16. The number of H-pyrrole nitrogens is 1. The van der Waals surface area contributed by atoms with Crippen LogP contribution in [0.5, 0.6) is 0 Å². The molecule has 2 heterocycles. The minimum Gasteiger partial charge on any atom is -0.386 e. The van der Waals surface area contributed by atoms with Crippen LogP contribution in [0.3, 0.4) is 0 Å². The number of benzene rings is 2. The summed E-state index contributed by atoms with van der Waals surface area (Å²) >= 11 is 6.88. The lowest BCUT2D eigenvalue weighted by Crippen LogP contribution is -2.33. The molecule has 0 bridgehead atoms. The minimum atomic E-state index is -1.78. The molecule has 0 aliphatic rings. The van der Waals surface area contributed by atoms with Gasteiger partial charge >= 0.3 is 11.7 Å². The van der Waals surface area contributed by atoms with Gasteiger partial charge in [-0.15, -0.1) is 11.3 Å². The number of aromatic nitrogens is 2. The molecule has 0 aliphatic heterocycles. The zero-order valence-corrected chi connectivity index (χ0v) is 19.2. The number of aromatic amines is 1. The van der Waals surface area contributed by atoms with Crippen molar-refractivity contribution in [3.63, 3.8) is 0 Å². The number of fused-ring (bicyclic) bond motifs is 1. The number of anilines is 2. The van der Waals surface area contributed by atoms with Gasteiger partial charge in [-0.05, 0) is 48.5 Å². The number of urea groups is 1. The van der Waals surface area contributed by atoms with Gasteiger partial charge in [-0.1, -0.05) is 11.6 Å². The van der Waals surface area contributed by atoms with Gasteiger partial charge in [0.2, 0.25) is 0 Å². The third-order valence-electron chi connectivity index (χ3n) is 4.55. The number of nitrogens with one attached hydrogen (secondary N) is 4. The Hall–Kier alpha value is -3.48. The second kappa shape index (κ2) is 9.17. The molecule has 4 rings (SSSR count). The molecule has 2 amide bonds. The van der Waals surface area contributed by atoms with Crippen LogP contribution < -0.4 is 26.6 Å². The molecule has 13 heteroatoms. The predicted octanol–water partition coefficient (Wildman–Crippen LogP) is 3.42. The van der Waals surface area contributed by atoms with Crippen molar-refractivity contribution >= 4 is 62.2 Å². The van der Waals surface area contributed by atoms with Gasteiger partial charge in [0.15, 0.2) is 11.0 Å². The lowest BCUT2D eigenvalue weighted by Gasteiger charge is -2.10. The second-order valence-corrected chi connectivity index (χ2v) is 9.78. The van der Waals surface area contributed by atoms with Crippen molar-refractivity contribution in [1.82, 2.24) is 14.3 Å². The Labute approximate surface area is 196 Å². The van der Waals surface area contributed by atoms with Crippen LogP contribution in [0.1, 0.15) is 0 Å². The maximum atomic E-state index is 14.1. The van der Waals surface area contributed by atoms with Gasteiger partial charge < -0.3 is 15.6 Å². The van der Waals surface area contributed by atoms with E-state index in [2.05, 4.69) is 20.3 Å². The molecular formula is C20H15ClFN5O4S2. The van der Waals surface area contributed by atoms with Crippen LogP contribution in [0.4, 0.5) is 20.6 Å². The first-order valence-corrected chi connectivity index (χ1v) is 11.6. The molecule has 0 saturated heterocycles. The standard InChI is InChI=1S/C20H15ClFN5O4S2/c1-23-15-9-14-12(8-13(15)22)18(28)27(20(30)25-14)11-4-2-10(3-5-11)24-19(29)26-33(31)17-7-6-16(21)32-17/h2-9,23H,1H3,(H,25,30)(H2,24,26,29). The Morgan fingerprint density at radius 3 is 2.52 bits per heavy atom. The summed E-state index contributed by atoms with van der Waals surface area (Å²) in [4.78, 5) is 40.1. The van der Waals surface area contributed by atoms with E-state index in [0.717, 1.165) is 22.0 Å². The van der Waals surface area contributed by atoms with Gasteiger partial charge in [0, 0.05) is 12.7 Å². The number of hydrogen-bond acceptors (Lipinski definition) is 6. The van der Waals surface area contributed by atoms with Crippen molar-refractivity contribution in [2.75, 3.05) is 17.7 Å². The fourth-order valence-corrected chi connectivity index (χ4v) is 5.17. The van der Waals surface area contributed by atoms with E-state index in [9.17, 15) is 23.0 Å². The Morgan fingerprint density at radius 2 is 1.88 bits per heavy atom. The first-order chi connectivity index (χ1) is 15.8. The van der Waals surface area contributed by atoms with Crippen LogP contribution in [0.2, 0.25) is 4.34 Å². The molecule has 0 fully saturated rings. The van der Waals surface area contributed by atoms with Crippen molar-refractivity contribution in [3.05, 3.63) is 79.5 Å². The molecule has 33 heavy (non-hydrogen) atoms. The lowest BCUT2D eigenvalue weighted by atomic mass is 10.2. The molecule has 0 radical (unpaired) electrons. The number of amides is 2. The molecule has 1 unspecified atom stereocenters. The molecule has 4 N–H and O–H groups in total. The number of thiophene rings is 1. The molecule has 2 aromatic heterocycles. The average molecular weight is 508 g/mol. The number of hydrogen-bond donors (Lipinski definition) is 4. The number of halogens is 2. The van der Waals surface area contributed by atoms with Crippen LogP contribution in [-0.4, -0.2) is 26.8 Å². The summed E-state index contributed by atoms with van der Waals surface area (Å²) in [5, 5.41) is 5.16. The molecular weight excluding hydrogens is 493 g/mol.